The van der Waals surface area contributed by atoms with Gasteiger partial charge in [0.25, 0.3) is 0 Å². The van der Waals surface area contributed by atoms with Crippen LogP contribution in [-0.4, -0.2) is 18.7 Å². The highest BCUT2D eigenvalue weighted by Crippen LogP contribution is 2.41. The van der Waals surface area contributed by atoms with Crippen LogP contribution in [0.5, 0.6) is 11.5 Å². The molecule has 15 aromatic rings. The van der Waals surface area contributed by atoms with Gasteiger partial charge in [0.2, 0.25) is 0 Å². The Bertz CT molecular complexity index is 4630. The minimum atomic E-state index is 0.791. The second-order valence-electron chi connectivity index (χ2n) is 18.4. The van der Waals surface area contributed by atoms with Crippen LogP contribution < -0.4 is 4.74 Å². The van der Waals surface area contributed by atoms with Crippen LogP contribution in [0.4, 0.5) is 0 Å². The van der Waals surface area contributed by atoms with Gasteiger partial charge in [0.1, 0.15) is 11.5 Å². The molecule has 0 unspecified atom stereocenters. The third-order valence-electron chi connectivity index (χ3n) is 14.4. The number of para-hydroxylation sites is 4. The first-order chi connectivity index (χ1) is 35.2. The van der Waals surface area contributed by atoms with Gasteiger partial charge in [0.15, 0.2) is 0 Å². The average Bonchev–Trinajstić information content (AvgIpc) is 4.17. The summed E-state index contributed by atoms with van der Waals surface area (Å²) >= 11 is 1.82. The first kappa shape index (κ1) is 39.7. The van der Waals surface area contributed by atoms with E-state index in [2.05, 4.69) is 249 Å². The number of hydrogen-bond donors (Lipinski definition) is 0. The van der Waals surface area contributed by atoms with Crippen LogP contribution in [0, 0.1) is 0 Å². The Kier molecular flexibility index (Phi) is 8.76. The number of fused-ring (bicyclic) bond motifs is 12. The van der Waals surface area contributed by atoms with Crippen LogP contribution in [0.25, 0.3) is 125 Å². The Hall–Kier alpha value is -9.23. The lowest BCUT2D eigenvalue weighted by atomic mass is 10.0. The summed E-state index contributed by atoms with van der Waals surface area (Å²) in [5.74, 6) is 1.58. The third-order valence-corrected chi connectivity index (χ3v) is 15.5. The Morgan fingerprint density at radius 3 is 1.32 bits per heavy atom. The summed E-state index contributed by atoms with van der Waals surface area (Å²) in [4.78, 5) is 4.43. The van der Waals surface area contributed by atoms with Crippen molar-refractivity contribution < 1.29 is 4.74 Å². The van der Waals surface area contributed by atoms with Gasteiger partial charge in [-0.2, -0.15) is 0 Å². The van der Waals surface area contributed by atoms with E-state index in [1.54, 1.807) is 0 Å². The van der Waals surface area contributed by atoms with Crippen LogP contribution in [0.2, 0.25) is 0 Å². The summed E-state index contributed by atoms with van der Waals surface area (Å²) in [5, 5.41) is 9.56. The van der Waals surface area contributed by atoms with Crippen molar-refractivity contribution in [2.75, 3.05) is 0 Å². The minimum Gasteiger partial charge on any atom is -0.457 e. The van der Waals surface area contributed by atoms with E-state index >= 15 is 0 Å². The van der Waals surface area contributed by atoms with E-state index in [1.165, 1.54) is 75.0 Å². The molecule has 0 fully saturated rings. The molecule has 0 saturated heterocycles. The van der Waals surface area contributed by atoms with Gasteiger partial charge in [-0.1, -0.05) is 109 Å². The molecule has 15 rings (SSSR count). The molecule has 6 heteroatoms. The van der Waals surface area contributed by atoms with Crippen molar-refractivity contribution >= 4 is 96.9 Å². The maximum atomic E-state index is 6.81. The van der Waals surface area contributed by atoms with E-state index < -0.39 is 0 Å². The summed E-state index contributed by atoms with van der Waals surface area (Å²) in [6, 6.07) is 83.3. The van der Waals surface area contributed by atoms with Crippen LogP contribution in [0.15, 0.2) is 243 Å². The molecule has 0 amide bonds. The van der Waals surface area contributed by atoms with Gasteiger partial charge < -0.3 is 18.4 Å². The zero-order chi connectivity index (χ0) is 46.6. The number of hydrogen-bond acceptors (Lipinski definition) is 3. The summed E-state index contributed by atoms with van der Waals surface area (Å²) in [5.41, 5.74) is 15.0. The van der Waals surface area contributed by atoms with Crippen molar-refractivity contribution in [2.24, 2.45) is 0 Å². The molecule has 0 bridgehead atoms. The zero-order valence-electron chi connectivity index (χ0n) is 38.2. The molecule has 71 heavy (non-hydrogen) atoms. The standard InChI is InChI=1S/C65H40N4OS/c1-2-14-45(15-3-1)67-58-21-7-4-18-50(58)53-36-43(24-28-61(53)67)41-12-10-16-46(34-41)68-59-22-8-5-19-51(59)54-38-48(26-29-62(54)68)70-49-27-30-63-55(39-49)52-20-6-9-23-60(52)69(63)47-17-11-13-42(35-47)44-25-31-64-56(37-44)57-40-66-33-32-65(57)71-64/h1-40H. The van der Waals surface area contributed by atoms with Gasteiger partial charge in [0, 0.05) is 81.9 Å². The van der Waals surface area contributed by atoms with E-state index in [-0.39, 0.29) is 0 Å². The summed E-state index contributed by atoms with van der Waals surface area (Å²) in [7, 11) is 0. The van der Waals surface area contributed by atoms with Gasteiger partial charge in [-0.3, -0.25) is 4.98 Å². The van der Waals surface area contributed by atoms with Gasteiger partial charge in [-0.15, -0.1) is 11.3 Å². The van der Waals surface area contributed by atoms with Crippen LogP contribution >= 0.6 is 11.3 Å². The zero-order valence-corrected chi connectivity index (χ0v) is 39.0. The molecule has 0 aliphatic rings. The number of thiophene rings is 1. The van der Waals surface area contributed by atoms with Gasteiger partial charge >= 0.3 is 0 Å². The maximum absolute atomic E-state index is 6.81. The molecule has 332 valence electrons. The average molecular weight is 925 g/mol. The third kappa shape index (κ3) is 6.28. The van der Waals surface area contributed by atoms with Crippen LogP contribution in [-0.2, 0) is 0 Å². The normalized spacial score (nSPS) is 11.9. The van der Waals surface area contributed by atoms with E-state index in [0.717, 1.165) is 61.4 Å². The van der Waals surface area contributed by atoms with Crippen LogP contribution in [0.1, 0.15) is 0 Å². The molecule has 5 aromatic heterocycles. The molecule has 5 nitrogen and oxygen atoms in total. The van der Waals surface area contributed by atoms with Crippen molar-refractivity contribution in [1.29, 1.82) is 0 Å². The number of benzene rings is 10. The molecule has 0 atom stereocenters. The molecular formula is C65H40N4OS. The number of aromatic nitrogens is 4. The summed E-state index contributed by atoms with van der Waals surface area (Å²) < 4.78 is 16.5. The highest BCUT2D eigenvalue weighted by molar-refractivity contribution is 7.25. The van der Waals surface area contributed by atoms with Crippen molar-refractivity contribution in [3.05, 3.63) is 243 Å². The van der Waals surface area contributed by atoms with Crippen molar-refractivity contribution in [3.8, 4) is 50.8 Å². The minimum absolute atomic E-state index is 0.791. The fourth-order valence-corrected chi connectivity index (χ4v) is 12.2. The number of pyridine rings is 1. The van der Waals surface area contributed by atoms with E-state index in [4.69, 9.17) is 4.74 Å². The fraction of sp³-hybridized carbons (Fsp3) is 0. The first-order valence-electron chi connectivity index (χ1n) is 24.0. The highest BCUT2D eigenvalue weighted by atomic mass is 32.1. The molecule has 0 spiro atoms. The lowest BCUT2D eigenvalue weighted by Gasteiger charge is -2.12. The quantitative estimate of drug-likeness (QED) is 0.160. The molecule has 0 radical (unpaired) electrons. The van der Waals surface area contributed by atoms with E-state index in [0.29, 0.717) is 0 Å². The predicted octanol–water partition coefficient (Wildman–Crippen LogP) is 17.9. The summed E-state index contributed by atoms with van der Waals surface area (Å²) in [6.07, 6.45) is 3.86. The maximum Gasteiger partial charge on any atom is 0.128 e. The second-order valence-corrected chi connectivity index (χ2v) is 19.5. The van der Waals surface area contributed by atoms with Crippen LogP contribution in [0.3, 0.4) is 0 Å². The monoisotopic (exact) mass is 924 g/mol. The lowest BCUT2D eigenvalue weighted by molar-refractivity contribution is 0.484. The molecule has 5 heterocycles. The highest BCUT2D eigenvalue weighted by Gasteiger charge is 2.18. The lowest BCUT2D eigenvalue weighted by Crippen LogP contribution is -1.95. The molecule has 0 saturated carbocycles. The summed E-state index contributed by atoms with van der Waals surface area (Å²) in [6.45, 7) is 0. The molecule has 0 N–H and O–H groups in total. The number of ether oxygens (including phenoxy) is 1. The van der Waals surface area contributed by atoms with Gasteiger partial charge in [0.05, 0.1) is 33.1 Å². The fourth-order valence-electron chi connectivity index (χ4n) is 11.2. The Morgan fingerprint density at radius 1 is 0.296 bits per heavy atom. The van der Waals surface area contributed by atoms with E-state index in [9.17, 15) is 0 Å². The van der Waals surface area contributed by atoms with Crippen molar-refractivity contribution in [1.82, 2.24) is 18.7 Å². The SMILES string of the molecule is c1ccc(-n2c3ccccc3c3cc(-c4cccc(-n5c6ccccc6c6cc(Oc7ccc8c(c7)c7ccccc7n8-c7cccc(-c8ccc9sc%10ccncc%10c9c8)c7)ccc65)c4)ccc32)cc1. The van der Waals surface area contributed by atoms with E-state index in [1.807, 2.05) is 23.7 Å². The molecule has 10 aromatic carbocycles. The number of nitrogens with zero attached hydrogens (tertiary/aromatic N) is 4. The predicted molar refractivity (Wildman–Crippen MR) is 298 cm³/mol. The van der Waals surface area contributed by atoms with Gasteiger partial charge in [-0.05, 0) is 144 Å². The Balaban J connectivity index is 0.781. The largest absolute Gasteiger partial charge is 0.457 e. The Morgan fingerprint density at radius 2 is 0.732 bits per heavy atom. The first-order valence-corrected chi connectivity index (χ1v) is 24.8. The smallest absolute Gasteiger partial charge is 0.128 e. The Labute approximate surface area is 411 Å². The topological polar surface area (TPSA) is 36.9 Å². The van der Waals surface area contributed by atoms with Gasteiger partial charge in [-0.25, -0.2) is 0 Å². The number of rotatable bonds is 7. The van der Waals surface area contributed by atoms with Crippen molar-refractivity contribution in [2.45, 2.75) is 0 Å². The van der Waals surface area contributed by atoms with Crippen molar-refractivity contribution in [3.63, 3.8) is 0 Å². The molecule has 0 aliphatic heterocycles. The molecular weight excluding hydrogens is 885 g/mol. The second kappa shape index (κ2) is 15.7. The molecule has 0 aliphatic carbocycles.